The van der Waals surface area contributed by atoms with Gasteiger partial charge in [-0.15, -0.1) is 24.9 Å². The zero-order valence-corrected chi connectivity index (χ0v) is 22.0. The third-order valence-corrected chi connectivity index (χ3v) is 10.3. The van der Waals surface area contributed by atoms with Crippen molar-refractivity contribution in [3.63, 3.8) is 0 Å². The number of thioether (sulfide) groups is 1. The minimum Gasteiger partial charge on any atom is -0.396 e. The normalized spacial score (nSPS) is 32.1. The van der Waals surface area contributed by atoms with Crippen LogP contribution in [0.1, 0.15) is 32.6 Å². The standard InChI is InChI=1S/C24H36BrN3O4S/c1-5-8-12-27(11-7-3)23(32)20-24-15-16(25)19(33-24)17(21(30)26(4)10-6-2)18(24)22(31)28(20)13-9-14-29/h6-7,16-20,29H,2-3,5,8-15H2,1,4H3/t16?,17-,18-,19-,20?,24?/m0/s1. The van der Waals surface area contributed by atoms with E-state index in [4.69, 9.17) is 0 Å². The fourth-order valence-corrected chi connectivity index (χ4v) is 9.28. The summed E-state index contributed by atoms with van der Waals surface area (Å²) in [6, 6.07) is -0.643. The molecule has 0 saturated carbocycles. The molecule has 3 amide bonds. The van der Waals surface area contributed by atoms with Gasteiger partial charge in [-0.25, -0.2) is 0 Å². The van der Waals surface area contributed by atoms with Gasteiger partial charge in [0.1, 0.15) is 6.04 Å². The van der Waals surface area contributed by atoms with Crippen molar-refractivity contribution in [3.05, 3.63) is 25.3 Å². The Balaban J connectivity index is 2.03. The molecule has 184 valence electrons. The minimum absolute atomic E-state index is 0.0502. The number of carbonyl (C=O) groups is 3. The van der Waals surface area contributed by atoms with E-state index in [1.54, 1.807) is 45.7 Å². The molecule has 9 heteroatoms. The molecule has 3 aliphatic heterocycles. The predicted molar refractivity (Wildman–Crippen MR) is 135 cm³/mol. The summed E-state index contributed by atoms with van der Waals surface area (Å²) >= 11 is 5.43. The highest BCUT2D eigenvalue weighted by atomic mass is 79.9. The van der Waals surface area contributed by atoms with Crippen molar-refractivity contribution in [1.29, 1.82) is 0 Å². The molecule has 3 unspecified atom stereocenters. The van der Waals surface area contributed by atoms with Gasteiger partial charge in [-0.1, -0.05) is 41.4 Å². The number of hydrogen-bond acceptors (Lipinski definition) is 5. The lowest BCUT2D eigenvalue weighted by molar-refractivity contribution is -0.144. The largest absolute Gasteiger partial charge is 0.396 e. The number of aliphatic hydroxyl groups is 1. The Hall–Kier alpha value is -1.32. The van der Waals surface area contributed by atoms with Crippen LogP contribution in [0.4, 0.5) is 0 Å². The van der Waals surface area contributed by atoms with Gasteiger partial charge < -0.3 is 19.8 Å². The van der Waals surface area contributed by atoms with E-state index in [0.717, 1.165) is 12.8 Å². The van der Waals surface area contributed by atoms with E-state index in [1.807, 2.05) is 0 Å². The first-order chi connectivity index (χ1) is 15.8. The lowest BCUT2D eigenvalue weighted by Crippen LogP contribution is -2.56. The molecule has 3 rings (SSSR count). The second-order valence-corrected chi connectivity index (χ2v) is 11.9. The quantitative estimate of drug-likeness (QED) is 0.303. The summed E-state index contributed by atoms with van der Waals surface area (Å²) in [4.78, 5) is 46.4. The number of fused-ring (bicyclic) bond motifs is 1. The molecule has 6 atom stereocenters. The second-order valence-electron chi connectivity index (χ2n) is 9.21. The van der Waals surface area contributed by atoms with Gasteiger partial charge in [0.15, 0.2) is 0 Å². The van der Waals surface area contributed by atoms with Gasteiger partial charge in [0, 0.05) is 49.9 Å². The monoisotopic (exact) mass is 541 g/mol. The van der Waals surface area contributed by atoms with E-state index in [2.05, 4.69) is 36.0 Å². The summed E-state index contributed by atoms with van der Waals surface area (Å²) in [6.07, 6.45) is 6.29. The molecule has 0 aromatic heterocycles. The van der Waals surface area contributed by atoms with Gasteiger partial charge in [0.05, 0.1) is 16.6 Å². The van der Waals surface area contributed by atoms with Crippen molar-refractivity contribution in [3.8, 4) is 0 Å². The Morgan fingerprint density at radius 3 is 2.58 bits per heavy atom. The summed E-state index contributed by atoms with van der Waals surface area (Å²) in [5.74, 6) is -1.29. The van der Waals surface area contributed by atoms with Crippen molar-refractivity contribution in [2.24, 2.45) is 11.8 Å². The zero-order chi connectivity index (χ0) is 24.3. The van der Waals surface area contributed by atoms with Crippen molar-refractivity contribution >= 4 is 45.4 Å². The van der Waals surface area contributed by atoms with Crippen LogP contribution in [0.15, 0.2) is 25.3 Å². The van der Waals surface area contributed by atoms with E-state index in [1.165, 1.54) is 0 Å². The molecule has 1 spiro atoms. The molecular formula is C24H36BrN3O4S. The van der Waals surface area contributed by atoms with Gasteiger partial charge in [-0.2, -0.15) is 0 Å². The topological polar surface area (TPSA) is 81.2 Å². The van der Waals surface area contributed by atoms with Crippen LogP contribution in [0, 0.1) is 11.8 Å². The molecule has 1 N–H and O–H groups in total. The van der Waals surface area contributed by atoms with Crippen molar-refractivity contribution in [1.82, 2.24) is 14.7 Å². The fraction of sp³-hybridized carbons (Fsp3) is 0.708. The summed E-state index contributed by atoms with van der Waals surface area (Å²) in [7, 11) is 1.73. The first-order valence-corrected chi connectivity index (χ1v) is 13.6. The SMILES string of the molecule is C=CCN(C)C(=O)[C@H]1[C@H]2C(=O)N(CCCO)C(C(=O)N(CC=C)CCCC)C23CC(Br)[C@@H]1S3. The summed E-state index contributed by atoms with van der Waals surface area (Å²) in [5.41, 5.74) is 0. The van der Waals surface area contributed by atoms with Crippen LogP contribution in [-0.4, -0.2) is 98.2 Å². The Bertz CT molecular complexity index is 796. The molecular weight excluding hydrogens is 506 g/mol. The Morgan fingerprint density at radius 1 is 1.27 bits per heavy atom. The maximum atomic E-state index is 14.0. The lowest BCUT2D eigenvalue weighted by atomic mass is 9.70. The highest BCUT2D eigenvalue weighted by Crippen LogP contribution is 2.68. The minimum atomic E-state index is -0.649. The third-order valence-electron chi connectivity index (χ3n) is 7.09. The molecule has 33 heavy (non-hydrogen) atoms. The number of halogens is 1. The van der Waals surface area contributed by atoms with Crippen LogP contribution in [0.25, 0.3) is 0 Å². The second kappa shape index (κ2) is 11.0. The number of carbonyl (C=O) groups excluding carboxylic acids is 3. The van der Waals surface area contributed by atoms with Gasteiger partial charge in [0.2, 0.25) is 17.7 Å². The van der Waals surface area contributed by atoms with Crippen molar-refractivity contribution in [2.75, 3.05) is 39.8 Å². The first kappa shape index (κ1) is 26.3. The Labute approximate surface area is 209 Å². The van der Waals surface area contributed by atoms with Crippen molar-refractivity contribution in [2.45, 2.75) is 53.5 Å². The zero-order valence-electron chi connectivity index (χ0n) is 19.6. The number of likely N-dealkylation sites (tertiary alicyclic amines) is 1. The predicted octanol–water partition coefficient (Wildman–Crippen LogP) is 2.29. The number of unbranched alkanes of at least 4 members (excludes halogenated alkanes) is 1. The van der Waals surface area contributed by atoms with Gasteiger partial charge in [-0.3, -0.25) is 14.4 Å². The van der Waals surface area contributed by atoms with Gasteiger partial charge in [-0.05, 0) is 19.3 Å². The summed E-state index contributed by atoms with van der Waals surface area (Å²) < 4.78 is -0.649. The van der Waals surface area contributed by atoms with Crippen LogP contribution in [0.5, 0.6) is 0 Å². The first-order valence-electron chi connectivity index (χ1n) is 11.8. The maximum Gasteiger partial charge on any atom is 0.247 e. The molecule has 3 saturated heterocycles. The van der Waals surface area contributed by atoms with Crippen LogP contribution >= 0.6 is 27.7 Å². The van der Waals surface area contributed by atoms with Crippen LogP contribution < -0.4 is 0 Å². The van der Waals surface area contributed by atoms with Gasteiger partial charge in [0.25, 0.3) is 0 Å². The summed E-state index contributed by atoms with van der Waals surface area (Å²) in [6.45, 7) is 11.3. The van der Waals surface area contributed by atoms with E-state index in [9.17, 15) is 19.5 Å². The Morgan fingerprint density at radius 2 is 1.97 bits per heavy atom. The smallest absolute Gasteiger partial charge is 0.247 e. The maximum absolute atomic E-state index is 14.0. The van der Waals surface area contributed by atoms with E-state index < -0.39 is 22.6 Å². The van der Waals surface area contributed by atoms with Crippen molar-refractivity contribution < 1.29 is 19.5 Å². The van der Waals surface area contributed by atoms with Gasteiger partial charge >= 0.3 is 0 Å². The van der Waals surface area contributed by atoms with Crippen LogP contribution in [0.2, 0.25) is 0 Å². The highest BCUT2D eigenvalue weighted by Gasteiger charge is 2.75. The lowest BCUT2D eigenvalue weighted by Gasteiger charge is -2.38. The number of rotatable bonds is 12. The molecule has 0 aliphatic carbocycles. The van der Waals surface area contributed by atoms with E-state index in [0.29, 0.717) is 39.0 Å². The Kier molecular flexibility index (Phi) is 8.72. The number of hydrogen-bond donors (Lipinski definition) is 1. The number of aliphatic hydroxyl groups excluding tert-OH is 1. The number of likely N-dealkylation sites (N-methyl/N-ethyl adjacent to an activating group) is 1. The molecule has 7 nitrogen and oxygen atoms in total. The molecule has 0 aromatic carbocycles. The van der Waals surface area contributed by atoms with E-state index in [-0.39, 0.29) is 34.4 Å². The average molecular weight is 543 g/mol. The summed E-state index contributed by atoms with van der Waals surface area (Å²) in [5, 5.41) is 9.41. The highest BCUT2D eigenvalue weighted by molar-refractivity contribution is 9.09. The number of nitrogens with zero attached hydrogens (tertiary/aromatic N) is 3. The molecule has 0 radical (unpaired) electrons. The molecule has 0 aromatic rings. The number of amides is 3. The molecule has 2 bridgehead atoms. The van der Waals surface area contributed by atoms with E-state index >= 15 is 0 Å². The van der Waals surface area contributed by atoms with Crippen LogP contribution in [0.3, 0.4) is 0 Å². The third kappa shape index (κ3) is 4.52. The van der Waals surface area contributed by atoms with Crippen LogP contribution in [-0.2, 0) is 14.4 Å². The molecule has 3 aliphatic rings. The molecule has 3 heterocycles. The number of alkyl halides is 1. The average Bonchev–Trinajstić information content (AvgIpc) is 3.37. The fourth-order valence-electron chi connectivity index (χ4n) is 5.68. The molecule has 3 fully saturated rings.